The highest BCUT2D eigenvalue weighted by molar-refractivity contribution is 5.80. The van der Waals surface area contributed by atoms with Crippen LogP contribution < -0.4 is 5.32 Å². The van der Waals surface area contributed by atoms with Crippen LogP contribution in [0, 0.1) is 5.92 Å². The minimum Gasteiger partial charge on any atom is -0.352 e. The molecule has 2 aliphatic rings. The molecule has 1 aromatic carbocycles. The van der Waals surface area contributed by atoms with E-state index >= 15 is 0 Å². The molecular formula is C21H28N4O. The molecule has 0 radical (unpaired) electrons. The molecule has 2 aliphatic heterocycles. The fourth-order valence-electron chi connectivity index (χ4n) is 4.62. The van der Waals surface area contributed by atoms with Crippen molar-refractivity contribution in [2.45, 2.75) is 57.8 Å². The van der Waals surface area contributed by atoms with Crippen LogP contribution in [0.5, 0.6) is 0 Å². The predicted octanol–water partition coefficient (Wildman–Crippen LogP) is 3.13. The van der Waals surface area contributed by atoms with E-state index in [1.165, 1.54) is 12.0 Å². The molecule has 0 aliphatic carbocycles. The Morgan fingerprint density at radius 3 is 2.96 bits per heavy atom. The van der Waals surface area contributed by atoms with Gasteiger partial charge in [0.15, 0.2) is 0 Å². The van der Waals surface area contributed by atoms with Gasteiger partial charge in [0, 0.05) is 36.9 Å². The van der Waals surface area contributed by atoms with Crippen LogP contribution >= 0.6 is 0 Å². The molecular weight excluding hydrogens is 324 g/mol. The molecule has 5 nitrogen and oxygen atoms in total. The molecule has 5 heteroatoms. The molecule has 138 valence electrons. The monoisotopic (exact) mass is 352 g/mol. The van der Waals surface area contributed by atoms with Crippen molar-refractivity contribution in [1.29, 1.82) is 0 Å². The van der Waals surface area contributed by atoms with Crippen LogP contribution in [-0.4, -0.2) is 33.2 Å². The molecule has 0 bridgehead atoms. The van der Waals surface area contributed by atoms with Gasteiger partial charge < -0.3 is 5.32 Å². The number of rotatable bonds is 6. The number of carbonyl (C=O) groups excluding carboxylic acids is 1. The predicted molar refractivity (Wildman–Crippen MR) is 101 cm³/mol. The summed E-state index contributed by atoms with van der Waals surface area (Å²) in [4.78, 5) is 15.5. The Kier molecular flexibility index (Phi) is 5.07. The minimum absolute atomic E-state index is 0.0911. The quantitative estimate of drug-likeness (QED) is 0.869. The van der Waals surface area contributed by atoms with Gasteiger partial charge in [-0.3, -0.25) is 14.4 Å². The Morgan fingerprint density at radius 2 is 2.15 bits per heavy atom. The van der Waals surface area contributed by atoms with Crippen LogP contribution in [-0.2, 0) is 17.9 Å². The van der Waals surface area contributed by atoms with E-state index in [-0.39, 0.29) is 11.8 Å². The molecule has 4 rings (SSSR count). The van der Waals surface area contributed by atoms with E-state index in [1.54, 1.807) is 0 Å². The number of hydrogen-bond donors (Lipinski definition) is 1. The lowest BCUT2D eigenvalue weighted by molar-refractivity contribution is -0.125. The second-order valence-electron chi connectivity index (χ2n) is 7.55. The van der Waals surface area contributed by atoms with E-state index in [4.69, 9.17) is 0 Å². The molecule has 26 heavy (non-hydrogen) atoms. The highest BCUT2D eigenvalue weighted by Gasteiger charge is 2.46. The van der Waals surface area contributed by atoms with E-state index in [2.05, 4.69) is 52.6 Å². The highest BCUT2D eigenvalue weighted by atomic mass is 16.2. The van der Waals surface area contributed by atoms with Crippen molar-refractivity contribution < 1.29 is 4.79 Å². The van der Waals surface area contributed by atoms with Gasteiger partial charge in [0.1, 0.15) is 0 Å². The average molecular weight is 352 g/mol. The molecule has 1 N–H and O–H groups in total. The van der Waals surface area contributed by atoms with Crippen molar-refractivity contribution in [3.05, 3.63) is 53.9 Å². The van der Waals surface area contributed by atoms with E-state index < -0.39 is 0 Å². The maximum atomic E-state index is 12.9. The van der Waals surface area contributed by atoms with Gasteiger partial charge in [-0.2, -0.15) is 5.10 Å². The summed E-state index contributed by atoms with van der Waals surface area (Å²) in [7, 11) is 0. The lowest BCUT2D eigenvalue weighted by atomic mass is 9.93. The molecule has 2 fully saturated rings. The van der Waals surface area contributed by atoms with Gasteiger partial charge in [-0.05, 0) is 37.8 Å². The molecule has 3 atom stereocenters. The normalized spacial score (nSPS) is 25.3. The van der Waals surface area contributed by atoms with E-state index in [0.717, 1.165) is 37.9 Å². The number of carbonyl (C=O) groups is 1. The first-order valence-electron chi connectivity index (χ1n) is 9.86. The summed E-state index contributed by atoms with van der Waals surface area (Å²) < 4.78 is 1.95. The van der Waals surface area contributed by atoms with Crippen molar-refractivity contribution in [2.24, 2.45) is 5.92 Å². The van der Waals surface area contributed by atoms with Gasteiger partial charge in [-0.25, -0.2) is 0 Å². The van der Waals surface area contributed by atoms with Gasteiger partial charge in [0.25, 0.3) is 0 Å². The second-order valence-corrected chi connectivity index (χ2v) is 7.55. The van der Waals surface area contributed by atoms with Crippen molar-refractivity contribution in [2.75, 3.05) is 6.54 Å². The number of amides is 1. The van der Waals surface area contributed by atoms with Crippen molar-refractivity contribution in [1.82, 2.24) is 20.0 Å². The third-order valence-electron chi connectivity index (χ3n) is 5.81. The Labute approximate surface area is 155 Å². The number of aryl methyl sites for hydroxylation is 1. The zero-order valence-corrected chi connectivity index (χ0v) is 15.5. The molecule has 0 unspecified atom stereocenters. The topological polar surface area (TPSA) is 50.2 Å². The van der Waals surface area contributed by atoms with Gasteiger partial charge in [0.2, 0.25) is 5.91 Å². The standard InChI is InChI=1S/C21H28N4O/c1-2-10-24-15-16(14-23-24)13-22-21(26)18-12-20(17-7-4-3-5-8-17)25-11-6-9-19(18)25/h3-5,7-8,14-15,18-20H,2,6,9-13H2,1H3,(H,22,26)/t18-,19+,20-/m0/s1. The molecule has 1 amide bonds. The molecule has 2 aromatic rings. The van der Waals surface area contributed by atoms with E-state index in [1.807, 2.05) is 17.1 Å². The minimum atomic E-state index is 0.0911. The number of nitrogens with one attached hydrogen (secondary N) is 1. The van der Waals surface area contributed by atoms with Gasteiger partial charge >= 0.3 is 0 Å². The largest absolute Gasteiger partial charge is 0.352 e. The van der Waals surface area contributed by atoms with Gasteiger partial charge in [-0.15, -0.1) is 0 Å². The first-order valence-corrected chi connectivity index (χ1v) is 9.86. The third kappa shape index (κ3) is 3.40. The molecule has 1 aromatic heterocycles. The first-order chi connectivity index (χ1) is 12.8. The summed E-state index contributed by atoms with van der Waals surface area (Å²) in [5.41, 5.74) is 2.42. The highest BCUT2D eigenvalue weighted by Crippen LogP contribution is 2.44. The smallest absolute Gasteiger partial charge is 0.225 e. The van der Waals surface area contributed by atoms with Gasteiger partial charge in [-0.1, -0.05) is 37.3 Å². The second kappa shape index (κ2) is 7.62. The van der Waals surface area contributed by atoms with E-state index in [0.29, 0.717) is 18.6 Å². The van der Waals surface area contributed by atoms with Gasteiger partial charge in [0.05, 0.1) is 12.1 Å². The molecule has 3 heterocycles. The Morgan fingerprint density at radius 1 is 1.31 bits per heavy atom. The number of aromatic nitrogens is 2. The SMILES string of the molecule is CCCn1cc(CNC(=O)[C@H]2C[C@@H](c3ccccc3)N3CCC[C@H]23)cn1. The summed E-state index contributed by atoms with van der Waals surface area (Å²) in [5.74, 6) is 0.289. The Hall–Kier alpha value is -2.14. The fourth-order valence-corrected chi connectivity index (χ4v) is 4.62. The average Bonchev–Trinajstić information content (AvgIpc) is 3.37. The number of fused-ring (bicyclic) bond motifs is 1. The lowest BCUT2D eigenvalue weighted by Gasteiger charge is -2.24. The summed E-state index contributed by atoms with van der Waals surface area (Å²) in [6.07, 6.45) is 8.22. The molecule has 0 saturated carbocycles. The zero-order valence-electron chi connectivity index (χ0n) is 15.5. The van der Waals surface area contributed by atoms with E-state index in [9.17, 15) is 4.79 Å². The number of benzene rings is 1. The van der Waals surface area contributed by atoms with Crippen LogP contribution in [0.15, 0.2) is 42.7 Å². The van der Waals surface area contributed by atoms with Crippen LogP contribution in [0.3, 0.4) is 0 Å². The van der Waals surface area contributed by atoms with Crippen molar-refractivity contribution >= 4 is 5.91 Å². The number of hydrogen-bond acceptors (Lipinski definition) is 3. The summed E-state index contributed by atoms with van der Waals surface area (Å²) in [6, 6.07) is 11.4. The Balaban J connectivity index is 1.41. The fraction of sp³-hybridized carbons (Fsp3) is 0.524. The third-order valence-corrected chi connectivity index (χ3v) is 5.81. The van der Waals surface area contributed by atoms with Crippen LogP contribution in [0.4, 0.5) is 0 Å². The zero-order chi connectivity index (χ0) is 17.9. The van der Waals surface area contributed by atoms with Crippen molar-refractivity contribution in [3.63, 3.8) is 0 Å². The summed E-state index contributed by atoms with van der Waals surface area (Å²) >= 11 is 0. The summed E-state index contributed by atoms with van der Waals surface area (Å²) in [5, 5.41) is 7.51. The lowest BCUT2D eigenvalue weighted by Crippen LogP contribution is -2.37. The number of nitrogens with zero attached hydrogens (tertiary/aromatic N) is 3. The molecule has 2 saturated heterocycles. The molecule has 0 spiro atoms. The van der Waals surface area contributed by atoms with Crippen LogP contribution in [0.25, 0.3) is 0 Å². The van der Waals surface area contributed by atoms with Crippen LogP contribution in [0.2, 0.25) is 0 Å². The maximum Gasteiger partial charge on any atom is 0.225 e. The Bertz CT molecular complexity index is 741. The van der Waals surface area contributed by atoms with Crippen molar-refractivity contribution in [3.8, 4) is 0 Å². The maximum absolute atomic E-state index is 12.9. The summed E-state index contributed by atoms with van der Waals surface area (Å²) in [6.45, 7) is 4.74. The van der Waals surface area contributed by atoms with Crippen LogP contribution in [0.1, 0.15) is 49.8 Å². The first kappa shape index (κ1) is 17.3.